The van der Waals surface area contributed by atoms with E-state index in [9.17, 15) is 26.4 Å². The molecule has 23 heavy (non-hydrogen) atoms. The van der Waals surface area contributed by atoms with Gasteiger partial charge in [-0.15, -0.1) is 0 Å². The highest BCUT2D eigenvalue weighted by molar-refractivity contribution is 7.86. The van der Waals surface area contributed by atoms with Crippen molar-refractivity contribution in [3.8, 4) is 0 Å². The Balaban J connectivity index is 2.09. The number of hydrogen-bond donors (Lipinski definition) is 0. The average molecular weight is 344 g/mol. The van der Waals surface area contributed by atoms with Gasteiger partial charge in [-0.1, -0.05) is 30.3 Å². The van der Waals surface area contributed by atoms with E-state index >= 15 is 0 Å². The molecular formula is C15H11F3O4S. The highest BCUT2D eigenvalue weighted by Crippen LogP contribution is 2.29. The molecule has 0 aliphatic carbocycles. The lowest BCUT2D eigenvalue weighted by Gasteiger charge is -2.08. The van der Waals surface area contributed by atoms with Gasteiger partial charge in [0.1, 0.15) is 6.61 Å². The molecule has 0 saturated heterocycles. The minimum atomic E-state index is -4.56. The third-order valence-corrected chi connectivity index (χ3v) is 4.19. The summed E-state index contributed by atoms with van der Waals surface area (Å²) >= 11 is 0. The third kappa shape index (κ3) is 4.40. The Hall–Kier alpha value is -2.19. The maximum Gasteiger partial charge on any atom is 0.416 e. The third-order valence-electron chi connectivity index (χ3n) is 2.91. The second kappa shape index (κ2) is 6.51. The number of carbonyl (C=O) groups excluding carboxylic acids is 1. The fraction of sp³-hybridized carbons (Fsp3) is 0.133. The zero-order valence-electron chi connectivity index (χ0n) is 11.6. The molecule has 0 fully saturated rings. The number of ketones is 1. The minimum Gasteiger partial charge on any atom is -0.291 e. The summed E-state index contributed by atoms with van der Waals surface area (Å²) in [4.78, 5) is 11.3. The highest BCUT2D eigenvalue weighted by atomic mass is 32.2. The van der Waals surface area contributed by atoms with Crippen molar-refractivity contribution < 1.29 is 30.6 Å². The first kappa shape index (κ1) is 17.2. The van der Waals surface area contributed by atoms with Crippen molar-refractivity contribution in [2.24, 2.45) is 0 Å². The normalized spacial score (nSPS) is 12.1. The standard InChI is InChI=1S/C15H11F3O4S/c16-15(17,18)12-6-8-13(9-7-12)23(20,21)22-10-14(19)11-4-2-1-3-5-11/h1-9H,10H2. The summed E-state index contributed by atoms with van der Waals surface area (Å²) in [7, 11) is -4.31. The Morgan fingerprint density at radius 1 is 0.957 bits per heavy atom. The Morgan fingerprint density at radius 2 is 1.52 bits per heavy atom. The largest absolute Gasteiger partial charge is 0.416 e. The number of carbonyl (C=O) groups is 1. The van der Waals surface area contributed by atoms with Crippen LogP contribution >= 0.6 is 0 Å². The van der Waals surface area contributed by atoms with E-state index in [1.54, 1.807) is 18.2 Å². The molecule has 0 aliphatic rings. The molecular weight excluding hydrogens is 333 g/mol. The van der Waals surface area contributed by atoms with Gasteiger partial charge in [0.25, 0.3) is 10.1 Å². The maximum atomic E-state index is 12.4. The smallest absolute Gasteiger partial charge is 0.291 e. The van der Waals surface area contributed by atoms with Crippen molar-refractivity contribution in [3.05, 3.63) is 65.7 Å². The van der Waals surface area contributed by atoms with Crippen LogP contribution in [0.15, 0.2) is 59.5 Å². The van der Waals surface area contributed by atoms with Gasteiger partial charge >= 0.3 is 6.18 Å². The topological polar surface area (TPSA) is 60.4 Å². The monoisotopic (exact) mass is 344 g/mol. The molecule has 0 atom stereocenters. The molecule has 0 spiro atoms. The van der Waals surface area contributed by atoms with E-state index in [2.05, 4.69) is 4.18 Å². The summed E-state index contributed by atoms with van der Waals surface area (Å²) in [6.07, 6.45) is -4.56. The zero-order chi connectivity index (χ0) is 17.1. The number of rotatable bonds is 5. The van der Waals surface area contributed by atoms with Crippen LogP contribution in [0.25, 0.3) is 0 Å². The van der Waals surface area contributed by atoms with Gasteiger partial charge in [-0.25, -0.2) is 0 Å². The number of Topliss-reactive ketones (excluding diaryl/α,β-unsaturated/α-hetero) is 1. The van der Waals surface area contributed by atoms with Gasteiger partial charge in [0.15, 0.2) is 5.78 Å². The van der Waals surface area contributed by atoms with Gasteiger partial charge in [-0.3, -0.25) is 8.98 Å². The Labute approximate surface area is 130 Å². The van der Waals surface area contributed by atoms with Crippen molar-refractivity contribution >= 4 is 15.9 Å². The van der Waals surface area contributed by atoms with Gasteiger partial charge < -0.3 is 0 Å². The number of hydrogen-bond acceptors (Lipinski definition) is 4. The molecule has 0 unspecified atom stereocenters. The quantitative estimate of drug-likeness (QED) is 0.617. The summed E-state index contributed by atoms with van der Waals surface area (Å²) in [5.74, 6) is -0.555. The van der Waals surface area contributed by atoms with Gasteiger partial charge in [0.05, 0.1) is 10.5 Å². The van der Waals surface area contributed by atoms with E-state index in [1.807, 2.05) is 0 Å². The molecule has 0 aromatic heterocycles. The Kier molecular flexibility index (Phi) is 4.86. The minimum absolute atomic E-state index is 0.273. The molecule has 0 amide bonds. The van der Waals surface area contributed by atoms with Crippen LogP contribution < -0.4 is 0 Å². The molecule has 2 rings (SSSR count). The van der Waals surface area contributed by atoms with Gasteiger partial charge in [-0.05, 0) is 24.3 Å². The molecule has 2 aromatic carbocycles. The van der Waals surface area contributed by atoms with Gasteiger partial charge in [0, 0.05) is 5.56 Å². The summed E-state index contributed by atoms with van der Waals surface area (Å²) in [5.41, 5.74) is -0.702. The maximum absolute atomic E-state index is 12.4. The SMILES string of the molecule is O=C(COS(=O)(=O)c1ccc(C(F)(F)F)cc1)c1ccccc1. The summed E-state index contributed by atoms with van der Waals surface area (Å²) < 4.78 is 65.6. The van der Waals surface area contributed by atoms with E-state index in [-0.39, 0.29) is 5.56 Å². The molecule has 0 N–H and O–H groups in total. The second-order valence-corrected chi connectivity index (χ2v) is 6.14. The predicted molar refractivity (Wildman–Crippen MR) is 75.4 cm³/mol. The van der Waals surface area contributed by atoms with E-state index in [1.165, 1.54) is 12.1 Å². The molecule has 122 valence electrons. The van der Waals surface area contributed by atoms with Crippen molar-refractivity contribution in [1.82, 2.24) is 0 Å². The van der Waals surface area contributed by atoms with Crippen LogP contribution in [0.5, 0.6) is 0 Å². The Bertz CT molecular complexity index is 782. The van der Waals surface area contributed by atoms with Crippen molar-refractivity contribution in [1.29, 1.82) is 0 Å². The van der Waals surface area contributed by atoms with Crippen LogP contribution in [-0.2, 0) is 20.5 Å². The molecule has 0 aliphatic heterocycles. The first-order valence-electron chi connectivity index (χ1n) is 6.35. The molecule has 0 bridgehead atoms. The lowest BCUT2D eigenvalue weighted by molar-refractivity contribution is -0.137. The Morgan fingerprint density at radius 3 is 2.04 bits per heavy atom. The van der Waals surface area contributed by atoms with Crippen molar-refractivity contribution in [2.75, 3.05) is 6.61 Å². The van der Waals surface area contributed by atoms with Crippen molar-refractivity contribution in [3.63, 3.8) is 0 Å². The first-order chi connectivity index (χ1) is 10.7. The molecule has 0 heterocycles. The van der Waals surface area contributed by atoms with Crippen LogP contribution in [0.4, 0.5) is 13.2 Å². The summed E-state index contributed by atoms with van der Waals surface area (Å²) in [5, 5.41) is 0. The first-order valence-corrected chi connectivity index (χ1v) is 7.76. The van der Waals surface area contributed by atoms with Crippen LogP contribution in [0.2, 0.25) is 0 Å². The van der Waals surface area contributed by atoms with Gasteiger partial charge in [0.2, 0.25) is 0 Å². The van der Waals surface area contributed by atoms with Crippen molar-refractivity contribution in [2.45, 2.75) is 11.1 Å². The molecule has 0 radical (unpaired) electrons. The van der Waals surface area contributed by atoms with E-state index in [0.29, 0.717) is 12.1 Å². The van der Waals surface area contributed by atoms with Crippen LogP contribution in [0, 0.1) is 0 Å². The van der Waals surface area contributed by atoms with E-state index in [0.717, 1.165) is 12.1 Å². The van der Waals surface area contributed by atoms with Crippen LogP contribution in [0.3, 0.4) is 0 Å². The molecule has 8 heteroatoms. The fourth-order valence-corrected chi connectivity index (χ4v) is 2.58. The van der Waals surface area contributed by atoms with Crippen LogP contribution in [0.1, 0.15) is 15.9 Å². The average Bonchev–Trinajstić information content (AvgIpc) is 2.53. The fourth-order valence-electron chi connectivity index (χ4n) is 1.72. The lowest BCUT2D eigenvalue weighted by atomic mass is 10.1. The van der Waals surface area contributed by atoms with Gasteiger partial charge in [-0.2, -0.15) is 21.6 Å². The van der Waals surface area contributed by atoms with E-state index in [4.69, 9.17) is 0 Å². The second-order valence-electron chi connectivity index (χ2n) is 4.53. The number of benzene rings is 2. The van der Waals surface area contributed by atoms with E-state index < -0.39 is 39.1 Å². The molecule has 0 saturated carbocycles. The number of alkyl halides is 3. The molecule has 2 aromatic rings. The zero-order valence-corrected chi connectivity index (χ0v) is 12.4. The number of halogens is 3. The van der Waals surface area contributed by atoms with Crippen LogP contribution in [-0.4, -0.2) is 20.8 Å². The predicted octanol–water partition coefficient (Wildman–Crippen LogP) is 3.29. The summed E-state index contributed by atoms with van der Waals surface area (Å²) in [6, 6.07) is 10.7. The summed E-state index contributed by atoms with van der Waals surface area (Å²) in [6.45, 7) is -0.729. The highest BCUT2D eigenvalue weighted by Gasteiger charge is 2.30. The lowest BCUT2D eigenvalue weighted by Crippen LogP contribution is -2.15. The molecule has 4 nitrogen and oxygen atoms in total.